The van der Waals surface area contributed by atoms with Crippen molar-refractivity contribution in [3.05, 3.63) is 88.0 Å². The van der Waals surface area contributed by atoms with E-state index >= 15 is 0 Å². The molecule has 0 aliphatic heterocycles. The van der Waals surface area contributed by atoms with E-state index in [-0.39, 0.29) is 12.4 Å². The fourth-order valence-electron chi connectivity index (χ4n) is 2.70. The molecule has 2 aromatic heterocycles. The van der Waals surface area contributed by atoms with Gasteiger partial charge in [0.05, 0.1) is 16.3 Å². The van der Waals surface area contributed by atoms with Crippen molar-refractivity contribution in [2.45, 2.75) is 24.2 Å². The zero-order valence-electron chi connectivity index (χ0n) is 16.0. The first-order valence-corrected chi connectivity index (χ1v) is 11.0. The van der Waals surface area contributed by atoms with Crippen LogP contribution in [0.1, 0.15) is 26.8 Å². The maximum Gasteiger partial charge on any atom is 0.339 e. The Morgan fingerprint density at radius 2 is 1.93 bits per heavy atom. The van der Waals surface area contributed by atoms with Gasteiger partial charge in [-0.2, -0.15) is 0 Å². The van der Waals surface area contributed by atoms with E-state index in [9.17, 15) is 9.18 Å². The number of benzene rings is 2. The Kier molecular flexibility index (Phi) is 6.25. The minimum atomic E-state index is -0.432. The van der Waals surface area contributed by atoms with Gasteiger partial charge in [-0.3, -0.25) is 0 Å². The number of aromatic nitrogens is 2. The summed E-state index contributed by atoms with van der Waals surface area (Å²) in [6.07, 6.45) is 1.43. The average Bonchev–Trinajstić information content (AvgIpc) is 3.40. The van der Waals surface area contributed by atoms with E-state index < -0.39 is 5.97 Å². The number of aryl methyl sites for hydroxylation is 1. The number of hydrogen-bond acceptors (Lipinski definition) is 7. The van der Waals surface area contributed by atoms with Gasteiger partial charge in [-0.25, -0.2) is 19.2 Å². The molecule has 0 N–H and O–H groups in total. The van der Waals surface area contributed by atoms with Crippen LogP contribution in [0.25, 0.3) is 11.5 Å². The molecule has 0 unspecified atom stereocenters. The first-order chi connectivity index (χ1) is 14.6. The third kappa shape index (κ3) is 4.95. The summed E-state index contributed by atoms with van der Waals surface area (Å²) in [4.78, 5) is 22.2. The van der Waals surface area contributed by atoms with Crippen LogP contribution in [0, 0.1) is 12.7 Å². The van der Waals surface area contributed by atoms with Gasteiger partial charge in [0, 0.05) is 21.6 Å². The van der Waals surface area contributed by atoms with E-state index in [1.807, 2.05) is 24.4 Å². The molecular weight excluding hydrogens is 423 g/mol. The highest BCUT2D eigenvalue weighted by atomic mass is 32.2. The number of nitrogens with zero attached hydrogens (tertiary/aromatic N) is 2. The van der Waals surface area contributed by atoms with Gasteiger partial charge in [-0.05, 0) is 43.3 Å². The summed E-state index contributed by atoms with van der Waals surface area (Å²) in [5, 5.41) is 3.04. The Labute approximate surface area is 181 Å². The number of carbonyl (C=O) groups is 1. The third-order valence-electron chi connectivity index (χ3n) is 4.14. The molecule has 0 bridgehead atoms. The highest BCUT2D eigenvalue weighted by Gasteiger charge is 2.15. The Hall–Kier alpha value is -2.97. The van der Waals surface area contributed by atoms with Crippen LogP contribution >= 0.6 is 23.1 Å². The van der Waals surface area contributed by atoms with Crippen molar-refractivity contribution in [2.24, 2.45) is 0 Å². The summed E-state index contributed by atoms with van der Waals surface area (Å²) in [7, 11) is 0. The molecule has 0 amide bonds. The van der Waals surface area contributed by atoms with Crippen LogP contribution in [-0.2, 0) is 17.1 Å². The molecule has 152 valence electrons. The molecular formula is C22H17FN2O3S2. The van der Waals surface area contributed by atoms with E-state index in [0.29, 0.717) is 28.5 Å². The molecule has 2 aromatic carbocycles. The zero-order chi connectivity index (χ0) is 20.9. The van der Waals surface area contributed by atoms with Gasteiger partial charge in [-0.15, -0.1) is 23.1 Å². The number of thioether (sulfide) groups is 1. The molecule has 0 aliphatic carbocycles. The average molecular weight is 441 g/mol. The molecule has 0 fully saturated rings. The van der Waals surface area contributed by atoms with E-state index in [2.05, 4.69) is 9.97 Å². The summed E-state index contributed by atoms with van der Waals surface area (Å²) < 4.78 is 23.9. The van der Waals surface area contributed by atoms with E-state index in [0.717, 1.165) is 15.6 Å². The number of hydrogen-bond donors (Lipinski definition) is 0. The molecule has 4 rings (SSSR count). The lowest BCUT2D eigenvalue weighted by Crippen LogP contribution is -2.07. The van der Waals surface area contributed by atoms with E-state index in [4.69, 9.17) is 9.15 Å². The van der Waals surface area contributed by atoms with Crippen LogP contribution in [0.4, 0.5) is 4.39 Å². The molecule has 30 heavy (non-hydrogen) atoms. The first-order valence-electron chi connectivity index (χ1n) is 9.09. The number of ether oxygens (including phenoxy) is 1. The SMILES string of the molecule is Cc1nc(CSc2ccccc2C(=O)OCc2coc(-c3ccc(F)cc3)n2)cs1. The lowest BCUT2D eigenvalue weighted by atomic mass is 10.2. The maximum atomic E-state index is 13.1. The number of oxazole rings is 1. The molecule has 0 saturated heterocycles. The molecule has 2 heterocycles. The summed E-state index contributed by atoms with van der Waals surface area (Å²) >= 11 is 3.15. The first kappa shape index (κ1) is 20.3. The van der Waals surface area contributed by atoms with Crippen molar-refractivity contribution in [2.75, 3.05) is 0 Å². The van der Waals surface area contributed by atoms with Crippen molar-refractivity contribution < 1.29 is 18.3 Å². The Morgan fingerprint density at radius 1 is 1.13 bits per heavy atom. The van der Waals surface area contributed by atoms with Crippen LogP contribution in [0.5, 0.6) is 0 Å². The highest BCUT2D eigenvalue weighted by Crippen LogP contribution is 2.27. The van der Waals surface area contributed by atoms with Crippen molar-refractivity contribution in [3.8, 4) is 11.5 Å². The smallest absolute Gasteiger partial charge is 0.339 e. The molecule has 0 spiro atoms. The minimum Gasteiger partial charge on any atom is -0.455 e. The summed E-state index contributed by atoms with van der Waals surface area (Å²) in [5.74, 6) is 0.259. The Bertz CT molecular complexity index is 1160. The molecule has 5 nitrogen and oxygen atoms in total. The van der Waals surface area contributed by atoms with Gasteiger partial charge >= 0.3 is 5.97 Å². The van der Waals surface area contributed by atoms with Crippen molar-refractivity contribution in [3.63, 3.8) is 0 Å². The van der Waals surface area contributed by atoms with Crippen LogP contribution in [0.15, 0.2) is 69.5 Å². The molecule has 0 atom stereocenters. The van der Waals surface area contributed by atoms with Gasteiger partial charge in [-0.1, -0.05) is 12.1 Å². The molecule has 4 aromatic rings. The monoisotopic (exact) mass is 440 g/mol. The number of esters is 1. The van der Waals surface area contributed by atoms with Crippen LogP contribution in [-0.4, -0.2) is 15.9 Å². The zero-order valence-corrected chi connectivity index (χ0v) is 17.6. The predicted molar refractivity (Wildman–Crippen MR) is 114 cm³/mol. The maximum absolute atomic E-state index is 13.1. The van der Waals surface area contributed by atoms with Gasteiger partial charge < -0.3 is 9.15 Å². The molecule has 0 aliphatic rings. The largest absolute Gasteiger partial charge is 0.455 e. The van der Waals surface area contributed by atoms with E-state index in [1.54, 1.807) is 47.4 Å². The lowest BCUT2D eigenvalue weighted by Gasteiger charge is -2.08. The summed E-state index contributed by atoms with van der Waals surface area (Å²) in [6.45, 7) is 1.95. The second-order valence-electron chi connectivity index (χ2n) is 6.37. The van der Waals surface area contributed by atoms with Crippen LogP contribution in [0.3, 0.4) is 0 Å². The fraction of sp³-hybridized carbons (Fsp3) is 0.136. The van der Waals surface area contributed by atoms with Crippen LogP contribution < -0.4 is 0 Å². The molecule has 8 heteroatoms. The predicted octanol–water partition coefficient (Wildman–Crippen LogP) is 5.89. The van der Waals surface area contributed by atoms with Crippen molar-refractivity contribution in [1.29, 1.82) is 0 Å². The standard InChI is InChI=1S/C22H17FN2O3S2/c1-14-24-18(12-29-14)13-30-20-5-3-2-4-19(20)22(26)28-11-17-10-27-21(25-17)15-6-8-16(23)9-7-15/h2-10,12H,11,13H2,1H3. The van der Waals surface area contributed by atoms with Crippen molar-refractivity contribution >= 4 is 29.1 Å². The summed E-state index contributed by atoms with van der Waals surface area (Å²) in [5.41, 5.74) is 2.61. The number of carbonyl (C=O) groups excluding carboxylic acids is 1. The molecule has 0 radical (unpaired) electrons. The Balaban J connectivity index is 1.39. The topological polar surface area (TPSA) is 65.2 Å². The Morgan fingerprint density at radius 3 is 2.70 bits per heavy atom. The second kappa shape index (κ2) is 9.23. The van der Waals surface area contributed by atoms with Gasteiger partial charge in [0.1, 0.15) is 24.4 Å². The summed E-state index contributed by atoms with van der Waals surface area (Å²) in [6, 6.07) is 13.1. The fourth-order valence-corrected chi connectivity index (χ4v) is 4.35. The highest BCUT2D eigenvalue weighted by molar-refractivity contribution is 7.98. The van der Waals surface area contributed by atoms with Gasteiger partial charge in [0.15, 0.2) is 0 Å². The quantitative estimate of drug-likeness (QED) is 0.264. The van der Waals surface area contributed by atoms with Crippen molar-refractivity contribution in [1.82, 2.24) is 9.97 Å². The van der Waals surface area contributed by atoms with Crippen LogP contribution in [0.2, 0.25) is 0 Å². The number of rotatable bonds is 7. The number of halogens is 1. The number of thiazole rings is 1. The third-order valence-corrected chi connectivity index (χ3v) is 6.07. The van der Waals surface area contributed by atoms with Gasteiger partial charge in [0.25, 0.3) is 0 Å². The minimum absolute atomic E-state index is 0.0200. The van der Waals surface area contributed by atoms with Gasteiger partial charge in [0.2, 0.25) is 5.89 Å². The lowest BCUT2D eigenvalue weighted by molar-refractivity contribution is 0.0463. The second-order valence-corrected chi connectivity index (χ2v) is 8.45. The molecule has 0 saturated carbocycles. The van der Waals surface area contributed by atoms with E-state index in [1.165, 1.54) is 18.4 Å². The normalized spacial score (nSPS) is 10.9.